The Morgan fingerprint density at radius 2 is 1.67 bits per heavy atom. The van der Waals surface area contributed by atoms with E-state index in [2.05, 4.69) is 15.4 Å². The van der Waals surface area contributed by atoms with Gasteiger partial charge in [-0.3, -0.25) is 9.48 Å². The fourth-order valence-electron chi connectivity index (χ4n) is 5.87. The molecule has 1 spiro atoms. The summed E-state index contributed by atoms with van der Waals surface area (Å²) in [7, 11) is 0. The molecule has 2 N–H and O–H groups in total. The van der Waals surface area contributed by atoms with E-state index in [0.717, 1.165) is 43.9 Å². The fraction of sp³-hybridized carbons (Fsp3) is 0.533. The van der Waals surface area contributed by atoms with Gasteiger partial charge in [0.25, 0.3) is 5.91 Å². The van der Waals surface area contributed by atoms with Gasteiger partial charge in [0.05, 0.1) is 11.6 Å². The van der Waals surface area contributed by atoms with Crippen LogP contribution in [0.4, 0.5) is 36.8 Å². The number of anilines is 1. The number of carbonyl (C=O) groups excluding carboxylic acids is 2. The summed E-state index contributed by atoms with van der Waals surface area (Å²) < 4.78 is 88.3. The van der Waals surface area contributed by atoms with Crippen molar-refractivity contribution in [3.8, 4) is 0 Å². The Balaban J connectivity index is 1.37. The molecule has 1 unspecified atom stereocenters. The van der Waals surface area contributed by atoms with Crippen molar-refractivity contribution in [3.05, 3.63) is 53.5 Å². The monoisotopic (exact) mass is 641 g/mol. The van der Waals surface area contributed by atoms with E-state index in [1.54, 1.807) is 36.5 Å². The number of hydrogen-bond donors (Lipinski definition) is 2. The Morgan fingerprint density at radius 1 is 1.02 bits per heavy atom. The summed E-state index contributed by atoms with van der Waals surface area (Å²) in [4.78, 5) is 30.3. The standard InChI is InChI=1S/C30H33F6N5O4/c1-26(2,3)45-25(43)40-10-8-28(9-11-40)14-18(15-28)41-16-17-12-22(19(13-21(17)39-41)27(4,44)30(34,35)36)38-24(42)20-6-5-7-23(37-20)29(31,32)33/h5-7,12-13,16,18,44H,8-11,14-15H2,1-4H3,(H,38,42). The number of piperidine rings is 1. The molecule has 0 bridgehead atoms. The third kappa shape index (κ3) is 6.58. The Hall–Kier alpha value is -3.88. The molecule has 1 saturated carbocycles. The molecule has 2 fully saturated rings. The number of pyridine rings is 1. The number of carbonyl (C=O) groups is 2. The van der Waals surface area contributed by atoms with Crippen molar-refractivity contribution in [1.82, 2.24) is 19.7 Å². The predicted octanol–water partition coefficient (Wildman–Crippen LogP) is 6.82. The number of rotatable bonds is 4. The minimum Gasteiger partial charge on any atom is -0.444 e. The number of nitrogens with zero attached hydrogens (tertiary/aromatic N) is 4. The average molecular weight is 642 g/mol. The van der Waals surface area contributed by atoms with Gasteiger partial charge in [-0.1, -0.05) is 6.07 Å². The maximum absolute atomic E-state index is 13.9. The average Bonchev–Trinajstić information content (AvgIpc) is 3.32. The second kappa shape index (κ2) is 10.9. The highest BCUT2D eigenvalue weighted by molar-refractivity contribution is 6.04. The Bertz CT molecular complexity index is 1610. The number of amides is 2. The molecule has 45 heavy (non-hydrogen) atoms. The zero-order valence-electron chi connectivity index (χ0n) is 25.0. The summed E-state index contributed by atoms with van der Waals surface area (Å²) in [6.45, 7) is 7.02. The van der Waals surface area contributed by atoms with Crippen molar-refractivity contribution >= 4 is 28.6 Å². The fourth-order valence-corrected chi connectivity index (χ4v) is 5.87. The van der Waals surface area contributed by atoms with Crippen molar-refractivity contribution in [1.29, 1.82) is 0 Å². The lowest BCUT2D eigenvalue weighted by Gasteiger charge is -2.52. The largest absolute Gasteiger partial charge is 0.444 e. The van der Waals surface area contributed by atoms with Crippen LogP contribution in [-0.4, -0.2) is 61.6 Å². The molecule has 1 saturated heterocycles. The van der Waals surface area contributed by atoms with Crippen LogP contribution in [0.1, 0.15) is 81.2 Å². The van der Waals surface area contributed by atoms with Gasteiger partial charge in [0, 0.05) is 35.9 Å². The molecule has 1 aromatic carbocycles. The molecule has 2 amide bonds. The second-order valence-corrected chi connectivity index (χ2v) is 13.0. The summed E-state index contributed by atoms with van der Waals surface area (Å²) in [5.74, 6) is -1.19. The molecule has 1 atom stereocenters. The lowest BCUT2D eigenvalue weighted by molar-refractivity contribution is -0.258. The minimum absolute atomic E-state index is 0.0104. The van der Waals surface area contributed by atoms with E-state index in [1.807, 2.05) is 0 Å². The van der Waals surface area contributed by atoms with E-state index in [1.165, 1.54) is 6.07 Å². The van der Waals surface area contributed by atoms with Crippen molar-refractivity contribution in [2.24, 2.45) is 5.41 Å². The van der Waals surface area contributed by atoms with Crippen LogP contribution in [0.25, 0.3) is 10.9 Å². The van der Waals surface area contributed by atoms with Gasteiger partial charge in [0.15, 0.2) is 5.60 Å². The van der Waals surface area contributed by atoms with E-state index in [4.69, 9.17) is 4.74 Å². The number of aliphatic hydroxyl groups is 1. The number of likely N-dealkylation sites (tertiary alicyclic amines) is 1. The van der Waals surface area contributed by atoms with Gasteiger partial charge in [0.1, 0.15) is 17.0 Å². The molecule has 244 valence electrons. The maximum Gasteiger partial charge on any atom is 0.433 e. The SMILES string of the molecule is CC(C)(C)OC(=O)N1CCC2(CC1)CC(n1cc3cc(NC(=O)c4cccc(C(F)(F)F)n4)c(C(C)(O)C(F)(F)F)cc3n1)C2. The van der Waals surface area contributed by atoms with Crippen molar-refractivity contribution in [2.75, 3.05) is 18.4 Å². The smallest absolute Gasteiger partial charge is 0.433 e. The summed E-state index contributed by atoms with van der Waals surface area (Å²) >= 11 is 0. The van der Waals surface area contributed by atoms with Gasteiger partial charge in [0.2, 0.25) is 0 Å². The van der Waals surface area contributed by atoms with Crippen LogP contribution in [0.15, 0.2) is 36.5 Å². The van der Waals surface area contributed by atoms with Crippen LogP contribution in [0.2, 0.25) is 0 Å². The highest BCUT2D eigenvalue weighted by Gasteiger charge is 2.53. The topological polar surface area (TPSA) is 110 Å². The van der Waals surface area contributed by atoms with Crippen LogP contribution in [0.3, 0.4) is 0 Å². The van der Waals surface area contributed by atoms with Crippen LogP contribution < -0.4 is 5.32 Å². The minimum atomic E-state index is -5.16. The van der Waals surface area contributed by atoms with Crippen LogP contribution in [0.5, 0.6) is 0 Å². The molecule has 2 aliphatic rings. The number of alkyl halides is 6. The van der Waals surface area contributed by atoms with Gasteiger partial charge < -0.3 is 20.1 Å². The zero-order chi connectivity index (χ0) is 33.2. The van der Waals surface area contributed by atoms with E-state index >= 15 is 0 Å². The van der Waals surface area contributed by atoms with E-state index in [0.29, 0.717) is 31.5 Å². The van der Waals surface area contributed by atoms with Crippen LogP contribution >= 0.6 is 0 Å². The Labute approximate surface area is 254 Å². The van der Waals surface area contributed by atoms with Gasteiger partial charge >= 0.3 is 18.4 Å². The van der Waals surface area contributed by atoms with Gasteiger partial charge in [-0.2, -0.15) is 31.4 Å². The first-order chi connectivity index (χ1) is 20.7. The van der Waals surface area contributed by atoms with Crippen molar-refractivity contribution < 1.29 is 45.8 Å². The third-order valence-corrected chi connectivity index (χ3v) is 8.45. The van der Waals surface area contributed by atoms with Crippen LogP contribution in [0, 0.1) is 5.41 Å². The predicted molar refractivity (Wildman–Crippen MR) is 150 cm³/mol. The van der Waals surface area contributed by atoms with Crippen LogP contribution in [-0.2, 0) is 16.5 Å². The Morgan fingerprint density at radius 3 is 2.24 bits per heavy atom. The normalized spacial score (nSPS) is 18.9. The molecule has 3 heterocycles. The van der Waals surface area contributed by atoms with Gasteiger partial charge in [-0.25, -0.2) is 9.78 Å². The highest BCUT2D eigenvalue weighted by atomic mass is 19.4. The number of benzene rings is 1. The Kier molecular flexibility index (Phi) is 7.86. The number of hydrogen-bond acceptors (Lipinski definition) is 6. The van der Waals surface area contributed by atoms with E-state index in [-0.39, 0.29) is 23.1 Å². The first-order valence-electron chi connectivity index (χ1n) is 14.3. The summed E-state index contributed by atoms with van der Waals surface area (Å²) in [5, 5.41) is 17.6. The second-order valence-electron chi connectivity index (χ2n) is 13.0. The quantitative estimate of drug-likeness (QED) is 0.303. The molecular weight excluding hydrogens is 608 g/mol. The third-order valence-electron chi connectivity index (χ3n) is 8.45. The van der Waals surface area contributed by atoms with Gasteiger partial charge in [-0.15, -0.1) is 0 Å². The first-order valence-corrected chi connectivity index (χ1v) is 14.3. The van der Waals surface area contributed by atoms with Crippen molar-refractivity contribution in [2.45, 2.75) is 83.0 Å². The number of nitrogens with one attached hydrogen (secondary N) is 1. The number of halogens is 6. The summed E-state index contributed by atoms with van der Waals surface area (Å²) in [6.07, 6.45) is -5.74. The molecule has 2 aromatic heterocycles. The number of ether oxygens (including phenoxy) is 1. The molecule has 9 nitrogen and oxygen atoms in total. The summed E-state index contributed by atoms with van der Waals surface area (Å²) in [6, 6.07) is 4.76. The zero-order valence-corrected chi connectivity index (χ0v) is 25.0. The van der Waals surface area contributed by atoms with Crippen molar-refractivity contribution in [3.63, 3.8) is 0 Å². The molecule has 1 aliphatic carbocycles. The molecule has 3 aromatic rings. The molecule has 5 rings (SSSR count). The lowest BCUT2D eigenvalue weighted by Crippen LogP contribution is -2.50. The van der Waals surface area contributed by atoms with E-state index in [9.17, 15) is 41.0 Å². The number of aromatic nitrogens is 3. The maximum atomic E-state index is 13.9. The van der Waals surface area contributed by atoms with Gasteiger partial charge in [-0.05, 0) is 83.1 Å². The molecular formula is C30H33F6N5O4. The molecule has 1 aliphatic heterocycles. The summed E-state index contributed by atoms with van der Waals surface area (Å²) in [5.41, 5.74) is -7.10. The number of fused-ring (bicyclic) bond motifs is 1. The van der Waals surface area contributed by atoms with E-state index < -0.39 is 52.1 Å². The molecule has 0 radical (unpaired) electrons. The lowest BCUT2D eigenvalue weighted by atomic mass is 9.60. The molecule has 15 heteroatoms. The highest BCUT2D eigenvalue weighted by Crippen LogP contribution is 2.55. The first kappa shape index (κ1) is 32.5.